The Morgan fingerprint density at radius 3 is 2.95 bits per heavy atom. The minimum Gasteiger partial charge on any atom is -0.390 e. The van der Waals surface area contributed by atoms with E-state index >= 15 is 0 Å². The summed E-state index contributed by atoms with van der Waals surface area (Å²) in [7, 11) is 2.02. The van der Waals surface area contributed by atoms with Crippen LogP contribution in [0, 0.1) is 0 Å². The monoisotopic (exact) mass is 304 g/mol. The first-order chi connectivity index (χ1) is 10.7. The molecule has 1 aliphatic rings. The topological polar surface area (TPSA) is 53.2 Å². The van der Waals surface area contributed by atoms with Gasteiger partial charge < -0.3 is 14.2 Å². The van der Waals surface area contributed by atoms with E-state index in [0.29, 0.717) is 13.1 Å². The smallest absolute Gasteiger partial charge is 0.137 e. The lowest BCUT2D eigenvalue weighted by Gasteiger charge is -2.29. The molecule has 1 fully saturated rings. The first-order valence-electron chi connectivity index (χ1n) is 7.80. The summed E-state index contributed by atoms with van der Waals surface area (Å²) in [6, 6.07) is 5.98. The Labute approximate surface area is 130 Å². The molecule has 1 aliphatic heterocycles. The summed E-state index contributed by atoms with van der Waals surface area (Å²) in [5.74, 6) is 0. The van der Waals surface area contributed by atoms with Gasteiger partial charge in [0.1, 0.15) is 5.65 Å². The minimum absolute atomic E-state index is 0.347. The highest BCUT2D eigenvalue weighted by Gasteiger charge is 2.16. The molecule has 1 atom stereocenters. The van der Waals surface area contributed by atoms with Crippen LogP contribution >= 0.6 is 0 Å². The second-order valence-electron chi connectivity index (χ2n) is 5.96. The maximum absolute atomic E-state index is 10.2. The number of hydrogen-bond acceptors (Lipinski definition) is 5. The number of likely N-dealkylation sites (N-methyl/N-ethyl adjacent to an activating group) is 1. The highest BCUT2D eigenvalue weighted by molar-refractivity contribution is 5.39. The molecule has 6 nitrogen and oxygen atoms in total. The molecule has 3 rings (SSSR count). The van der Waals surface area contributed by atoms with Crippen LogP contribution in [0.15, 0.2) is 30.6 Å². The number of ether oxygens (including phenoxy) is 1. The SMILES string of the molecule is CN(Cc1cn2ccccc2n1)CC(O)CN1CCOCC1. The third-order valence-corrected chi connectivity index (χ3v) is 3.94. The van der Waals surface area contributed by atoms with Crippen LogP contribution in [-0.2, 0) is 11.3 Å². The molecule has 0 saturated carbocycles. The number of hydrogen-bond donors (Lipinski definition) is 1. The van der Waals surface area contributed by atoms with Gasteiger partial charge in [0.05, 0.1) is 25.0 Å². The molecule has 0 aliphatic carbocycles. The quantitative estimate of drug-likeness (QED) is 0.840. The molecule has 0 amide bonds. The molecule has 1 unspecified atom stereocenters. The zero-order valence-electron chi connectivity index (χ0n) is 13.1. The minimum atomic E-state index is -0.347. The van der Waals surface area contributed by atoms with Gasteiger partial charge in [-0.2, -0.15) is 0 Å². The fraction of sp³-hybridized carbons (Fsp3) is 0.562. The fourth-order valence-corrected chi connectivity index (χ4v) is 2.90. The van der Waals surface area contributed by atoms with Crippen molar-refractivity contribution in [1.29, 1.82) is 0 Å². The Bertz CT molecular complexity index is 562. The lowest BCUT2D eigenvalue weighted by atomic mass is 10.2. The van der Waals surface area contributed by atoms with Crippen LogP contribution in [0.1, 0.15) is 5.69 Å². The second-order valence-corrected chi connectivity index (χ2v) is 5.96. The van der Waals surface area contributed by atoms with Gasteiger partial charge in [0.2, 0.25) is 0 Å². The molecule has 2 aromatic rings. The number of β-amino-alcohol motifs (C(OH)–C–C–N with tert-alkyl or cyclic N) is 1. The third kappa shape index (κ3) is 4.04. The van der Waals surface area contributed by atoms with Gasteiger partial charge in [0, 0.05) is 45.1 Å². The Balaban J connectivity index is 1.49. The first kappa shape index (κ1) is 15.4. The fourth-order valence-electron chi connectivity index (χ4n) is 2.90. The predicted octanol–water partition coefficient (Wildman–Crippen LogP) is 0.459. The van der Waals surface area contributed by atoms with Gasteiger partial charge in [-0.1, -0.05) is 6.07 Å². The Hall–Kier alpha value is -1.47. The summed E-state index contributed by atoms with van der Waals surface area (Å²) in [6.07, 6.45) is 3.69. The largest absolute Gasteiger partial charge is 0.390 e. The highest BCUT2D eigenvalue weighted by atomic mass is 16.5. The number of rotatable bonds is 6. The Morgan fingerprint density at radius 1 is 1.36 bits per heavy atom. The van der Waals surface area contributed by atoms with E-state index in [2.05, 4.69) is 14.8 Å². The molecule has 0 spiro atoms. The van der Waals surface area contributed by atoms with E-state index in [1.54, 1.807) is 0 Å². The zero-order valence-corrected chi connectivity index (χ0v) is 13.1. The number of aromatic nitrogens is 2. The molecule has 120 valence electrons. The van der Waals surface area contributed by atoms with E-state index in [1.165, 1.54) is 0 Å². The van der Waals surface area contributed by atoms with Crippen LogP contribution in [0.25, 0.3) is 5.65 Å². The van der Waals surface area contributed by atoms with Crippen molar-refractivity contribution in [2.24, 2.45) is 0 Å². The number of imidazole rings is 1. The van der Waals surface area contributed by atoms with Gasteiger partial charge in [-0.3, -0.25) is 9.80 Å². The van der Waals surface area contributed by atoms with Crippen molar-refractivity contribution in [3.63, 3.8) is 0 Å². The number of nitrogens with zero attached hydrogens (tertiary/aromatic N) is 4. The van der Waals surface area contributed by atoms with E-state index in [1.807, 2.05) is 42.0 Å². The summed E-state index contributed by atoms with van der Waals surface area (Å²) in [5, 5.41) is 10.2. The molecule has 1 N–H and O–H groups in total. The van der Waals surface area contributed by atoms with Crippen LogP contribution < -0.4 is 0 Å². The first-order valence-corrected chi connectivity index (χ1v) is 7.80. The molecule has 1 saturated heterocycles. The number of pyridine rings is 1. The van der Waals surface area contributed by atoms with Crippen LogP contribution in [0.5, 0.6) is 0 Å². The van der Waals surface area contributed by atoms with E-state index in [4.69, 9.17) is 4.74 Å². The molecule has 22 heavy (non-hydrogen) atoms. The van der Waals surface area contributed by atoms with Crippen LogP contribution in [-0.4, -0.2) is 76.8 Å². The molecule has 3 heterocycles. The van der Waals surface area contributed by atoms with Gasteiger partial charge >= 0.3 is 0 Å². The normalized spacial score (nSPS) is 18.1. The number of fused-ring (bicyclic) bond motifs is 1. The van der Waals surface area contributed by atoms with Crippen molar-refractivity contribution in [1.82, 2.24) is 19.2 Å². The van der Waals surface area contributed by atoms with E-state index in [9.17, 15) is 5.11 Å². The molecular weight excluding hydrogens is 280 g/mol. The lowest BCUT2D eigenvalue weighted by molar-refractivity contribution is 0.00820. The summed E-state index contributed by atoms with van der Waals surface area (Å²) in [5.41, 5.74) is 1.98. The number of morpholine rings is 1. The molecule has 0 bridgehead atoms. The van der Waals surface area contributed by atoms with E-state index in [-0.39, 0.29) is 6.10 Å². The van der Waals surface area contributed by atoms with Crippen molar-refractivity contribution < 1.29 is 9.84 Å². The van der Waals surface area contributed by atoms with Gasteiger partial charge in [0.15, 0.2) is 0 Å². The standard InChI is InChI=1S/C16H24N4O2/c1-18(12-15(21)13-19-6-8-22-9-7-19)10-14-11-20-5-3-2-4-16(20)17-14/h2-5,11,15,21H,6-10,12-13H2,1H3. The van der Waals surface area contributed by atoms with E-state index < -0.39 is 0 Å². The molecular formula is C16H24N4O2. The van der Waals surface area contributed by atoms with Crippen molar-refractivity contribution in [2.45, 2.75) is 12.6 Å². The van der Waals surface area contributed by atoms with Crippen LogP contribution in [0.4, 0.5) is 0 Å². The number of aliphatic hydroxyl groups excluding tert-OH is 1. The van der Waals surface area contributed by atoms with Crippen molar-refractivity contribution in [3.05, 3.63) is 36.3 Å². The average molecular weight is 304 g/mol. The third-order valence-electron chi connectivity index (χ3n) is 3.94. The molecule has 2 aromatic heterocycles. The molecule has 0 radical (unpaired) electrons. The maximum atomic E-state index is 10.2. The zero-order chi connectivity index (χ0) is 15.4. The van der Waals surface area contributed by atoms with Crippen LogP contribution in [0.3, 0.4) is 0 Å². The highest BCUT2D eigenvalue weighted by Crippen LogP contribution is 2.07. The number of aliphatic hydroxyl groups is 1. The Kier molecular flexibility index (Phi) is 5.04. The average Bonchev–Trinajstić information content (AvgIpc) is 2.89. The second kappa shape index (κ2) is 7.19. The van der Waals surface area contributed by atoms with Gasteiger partial charge in [-0.05, 0) is 19.2 Å². The predicted molar refractivity (Wildman–Crippen MR) is 84.8 cm³/mol. The summed E-state index contributed by atoms with van der Waals surface area (Å²) in [6.45, 7) is 5.44. The molecule has 0 aromatic carbocycles. The van der Waals surface area contributed by atoms with Crippen molar-refractivity contribution in [3.8, 4) is 0 Å². The van der Waals surface area contributed by atoms with Gasteiger partial charge in [0.25, 0.3) is 0 Å². The summed E-state index contributed by atoms with van der Waals surface area (Å²) >= 11 is 0. The van der Waals surface area contributed by atoms with Crippen molar-refractivity contribution in [2.75, 3.05) is 46.4 Å². The Morgan fingerprint density at radius 2 is 2.18 bits per heavy atom. The lowest BCUT2D eigenvalue weighted by Crippen LogP contribution is -2.43. The van der Waals surface area contributed by atoms with E-state index in [0.717, 1.165) is 44.2 Å². The van der Waals surface area contributed by atoms with Crippen molar-refractivity contribution >= 4 is 5.65 Å². The molecule has 6 heteroatoms. The summed E-state index contributed by atoms with van der Waals surface area (Å²) < 4.78 is 7.35. The summed E-state index contributed by atoms with van der Waals surface area (Å²) in [4.78, 5) is 8.96. The van der Waals surface area contributed by atoms with Gasteiger partial charge in [-0.25, -0.2) is 4.98 Å². The van der Waals surface area contributed by atoms with Gasteiger partial charge in [-0.15, -0.1) is 0 Å². The van der Waals surface area contributed by atoms with Crippen LogP contribution in [0.2, 0.25) is 0 Å². The maximum Gasteiger partial charge on any atom is 0.137 e.